The Kier molecular flexibility index (Phi) is 12.3. The summed E-state index contributed by atoms with van der Waals surface area (Å²) in [4.78, 5) is 41.9. The number of imide groups is 1. The first-order valence-electron chi connectivity index (χ1n) is 16.0. The van der Waals surface area contributed by atoms with Crippen LogP contribution in [-0.2, 0) is 41.6 Å². The summed E-state index contributed by atoms with van der Waals surface area (Å²) >= 11 is 3.30. The quantitative estimate of drug-likeness (QED) is 0.202. The monoisotopic (exact) mass is 721 g/mol. The number of cyclic esters (lactones) is 1. The molecule has 6 unspecified atom stereocenters. The first kappa shape index (κ1) is 35.6. The number of rotatable bonds is 15. The summed E-state index contributed by atoms with van der Waals surface area (Å²) in [6.07, 6.45) is -1.72. The molecule has 0 radical (unpaired) electrons. The van der Waals surface area contributed by atoms with E-state index in [0.717, 1.165) is 21.6 Å². The molecular weight excluding hydrogens is 682 g/mol. The van der Waals surface area contributed by atoms with Crippen LogP contribution in [0.1, 0.15) is 42.6 Å². The van der Waals surface area contributed by atoms with Crippen molar-refractivity contribution in [2.75, 3.05) is 19.8 Å². The predicted octanol–water partition coefficient (Wildman–Crippen LogP) is 5.26. The minimum atomic E-state index is -1.93. The molecule has 0 aliphatic carbocycles. The Balaban J connectivity index is 1.26. The topological polar surface area (TPSA) is 132 Å². The lowest BCUT2D eigenvalue weighted by molar-refractivity contribution is -0.219. The van der Waals surface area contributed by atoms with E-state index in [-0.39, 0.29) is 37.1 Å². The van der Waals surface area contributed by atoms with Crippen molar-refractivity contribution in [1.29, 1.82) is 0 Å². The molecule has 10 nitrogen and oxygen atoms in total. The Morgan fingerprint density at radius 3 is 2.25 bits per heavy atom. The average Bonchev–Trinajstić information content (AvgIpc) is 3.40. The number of amides is 2. The summed E-state index contributed by atoms with van der Waals surface area (Å²) in [7, 11) is 0. The lowest BCUT2D eigenvalue weighted by atomic mass is 9.87. The lowest BCUT2D eigenvalue weighted by Gasteiger charge is -2.38. The van der Waals surface area contributed by atoms with Gasteiger partial charge in [-0.05, 0) is 58.5 Å². The Bertz CT molecular complexity index is 1550. The number of carbonyl (C=O) groups is 3. The van der Waals surface area contributed by atoms with Gasteiger partial charge in [0.05, 0.1) is 36.3 Å². The van der Waals surface area contributed by atoms with Crippen molar-refractivity contribution in [2.24, 2.45) is 5.92 Å². The van der Waals surface area contributed by atoms with Gasteiger partial charge < -0.3 is 29.2 Å². The molecule has 1 fully saturated rings. The van der Waals surface area contributed by atoms with Gasteiger partial charge in [0.1, 0.15) is 18.3 Å². The van der Waals surface area contributed by atoms with Gasteiger partial charge in [-0.1, -0.05) is 91.0 Å². The van der Waals surface area contributed by atoms with E-state index in [1.165, 1.54) is 6.08 Å². The first-order chi connectivity index (χ1) is 23.2. The second-order valence-corrected chi connectivity index (χ2v) is 12.8. The van der Waals surface area contributed by atoms with Crippen molar-refractivity contribution in [3.63, 3.8) is 0 Å². The number of nitrogens with zero attached hydrogens (tertiary/aromatic N) is 1. The van der Waals surface area contributed by atoms with Crippen LogP contribution in [0.2, 0.25) is 0 Å². The number of halogens is 1. The maximum absolute atomic E-state index is 14.2. The number of benzene rings is 3. The molecule has 3 aromatic rings. The number of carbonyl (C=O) groups excluding carboxylic acids is 3. The largest absolute Gasteiger partial charge is 0.439 e. The molecule has 1 saturated heterocycles. The summed E-state index contributed by atoms with van der Waals surface area (Å²) in [5.74, 6) is -4.22. The van der Waals surface area contributed by atoms with Gasteiger partial charge >= 0.3 is 6.09 Å². The van der Waals surface area contributed by atoms with Crippen LogP contribution in [0.3, 0.4) is 0 Å². The number of aliphatic hydroxyl groups excluding tert-OH is 1. The molecule has 48 heavy (non-hydrogen) atoms. The minimum Gasteiger partial charge on any atom is -0.439 e. The Morgan fingerprint density at radius 2 is 1.60 bits per heavy atom. The minimum absolute atomic E-state index is 0.0347. The SMILES string of the molecule is CC1C(c2ccccc2)OC(=O)N1C(=O)C(Cc1ccccc1)C1OC(O)(CCCOCC(CO)OCc2ccccc2)C(Br)=CC1=O. The fraction of sp³-hybridized carbons (Fsp3) is 0.378. The lowest BCUT2D eigenvalue weighted by Crippen LogP contribution is -2.53. The molecule has 2 N–H and O–H groups in total. The van der Waals surface area contributed by atoms with Crippen LogP contribution < -0.4 is 0 Å². The third-order valence-corrected chi connectivity index (χ3v) is 9.35. The van der Waals surface area contributed by atoms with Crippen molar-refractivity contribution in [3.8, 4) is 0 Å². The van der Waals surface area contributed by atoms with Gasteiger partial charge in [0.25, 0.3) is 0 Å². The van der Waals surface area contributed by atoms with Crippen molar-refractivity contribution in [1.82, 2.24) is 4.90 Å². The van der Waals surface area contributed by atoms with Gasteiger partial charge in [-0.2, -0.15) is 0 Å². The highest BCUT2D eigenvalue weighted by Gasteiger charge is 2.51. The molecule has 2 aliphatic heterocycles. The summed E-state index contributed by atoms with van der Waals surface area (Å²) in [5.41, 5.74) is 2.48. The zero-order valence-electron chi connectivity index (χ0n) is 26.7. The number of aliphatic hydroxyl groups is 2. The van der Waals surface area contributed by atoms with Gasteiger partial charge in [0.15, 0.2) is 11.6 Å². The van der Waals surface area contributed by atoms with Crippen LogP contribution in [0.15, 0.2) is 102 Å². The highest BCUT2D eigenvalue weighted by molar-refractivity contribution is 9.11. The Hall–Kier alpha value is -3.71. The smallest absolute Gasteiger partial charge is 0.417 e. The fourth-order valence-electron chi connectivity index (χ4n) is 5.89. The van der Waals surface area contributed by atoms with Crippen LogP contribution >= 0.6 is 15.9 Å². The fourth-order valence-corrected chi connectivity index (χ4v) is 6.41. The standard InChI is InChI=1S/C37H40BrNO9/c1-25-33(28-16-9-4-10-17-28)47-36(43)39(25)35(42)30(20-26-12-5-2-6-13-26)34-31(41)21-32(38)37(44,48-34)18-11-19-45-24-29(22-40)46-23-27-14-7-3-8-15-27/h2-10,12-17,21,25,29-30,33-34,40,44H,11,18-20,22-24H2,1H3. The summed E-state index contributed by atoms with van der Waals surface area (Å²) in [6.45, 7) is 2.19. The predicted molar refractivity (Wildman–Crippen MR) is 180 cm³/mol. The van der Waals surface area contributed by atoms with Gasteiger partial charge in [-0.15, -0.1) is 0 Å². The normalized spacial score (nSPS) is 23.8. The molecule has 0 bridgehead atoms. The van der Waals surface area contributed by atoms with E-state index in [1.54, 1.807) is 6.92 Å². The molecule has 254 valence electrons. The molecule has 0 aromatic heterocycles. The molecule has 11 heteroatoms. The number of hydrogen-bond acceptors (Lipinski definition) is 9. The second-order valence-electron chi connectivity index (χ2n) is 12.0. The molecule has 2 heterocycles. The highest BCUT2D eigenvalue weighted by Crippen LogP contribution is 2.39. The van der Waals surface area contributed by atoms with E-state index in [2.05, 4.69) is 15.9 Å². The van der Waals surface area contributed by atoms with E-state index in [9.17, 15) is 24.6 Å². The second kappa shape index (κ2) is 16.6. The molecule has 3 aromatic carbocycles. The van der Waals surface area contributed by atoms with Gasteiger partial charge in [0, 0.05) is 13.0 Å². The molecule has 0 saturated carbocycles. The van der Waals surface area contributed by atoms with Crippen LogP contribution in [0.4, 0.5) is 4.79 Å². The summed E-state index contributed by atoms with van der Waals surface area (Å²) in [6, 6.07) is 27.2. The zero-order chi connectivity index (χ0) is 34.1. The van der Waals surface area contributed by atoms with E-state index in [4.69, 9.17) is 18.9 Å². The molecular formula is C37H40BrNO9. The Labute approximate surface area is 288 Å². The summed E-state index contributed by atoms with van der Waals surface area (Å²) < 4.78 is 23.3. The first-order valence-corrected chi connectivity index (χ1v) is 16.8. The van der Waals surface area contributed by atoms with Crippen molar-refractivity contribution >= 4 is 33.7 Å². The molecule has 0 spiro atoms. The number of hydrogen-bond donors (Lipinski definition) is 2. The van der Waals surface area contributed by atoms with E-state index in [0.29, 0.717) is 13.0 Å². The molecule has 6 atom stereocenters. The van der Waals surface area contributed by atoms with Gasteiger partial charge in [-0.25, -0.2) is 9.69 Å². The Morgan fingerprint density at radius 1 is 0.979 bits per heavy atom. The molecule has 2 amide bonds. The van der Waals surface area contributed by atoms with Crippen LogP contribution in [0.5, 0.6) is 0 Å². The average molecular weight is 723 g/mol. The third-order valence-electron chi connectivity index (χ3n) is 8.50. The van der Waals surface area contributed by atoms with E-state index in [1.807, 2.05) is 91.0 Å². The van der Waals surface area contributed by atoms with Crippen molar-refractivity contribution in [3.05, 3.63) is 118 Å². The van der Waals surface area contributed by atoms with E-state index >= 15 is 0 Å². The van der Waals surface area contributed by atoms with E-state index < -0.39 is 53.8 Å². The molecule has 2 aliphatic rings. The van der Waals surface area contributed by atoms with Crippen LogP contribution in [0, 0.1) is 5.92 Å². The third kappa shape index (κ3) is 8.65. The number of ether oxygens (including phenoxy) is 4. The summed E-state index contributed by atoms with van der Waals surface area (Å²) in [5, 5.41) is 21.3. The van der Waals surface area contributed by atoms with Crippen molar-refractivity contribution in [2.45, 2.75) is 62.9 Å². The number of ketones is 1. The van der Waals surface area contributed by atoms with Gasteiger partial charge in [-0.3, -0.25) is 9.59 Å². The molecule has 5 rings (SSSR count). The van der Waals surface area contributed by atoms with Gasteiger partial charge in [0.2, 0.25) is 5.91 Å². The maximum atomic E-state index is 14.2. The highest BCUT2D eigenvalue weighted by atomic mass is 79.9. The van der Waals surface area contributed by atoms with Crippen LogP contribution in [0.25, 0.3) is 0 Å². The van der Waals surface area contributed by atoms with Crippen LogP contribution in [-0.4, -0.2) is 76.8 Å². The zero-order valence-corrected chi connectivity index (χ0v) is 28.2. The van der Waals surface area contributed by atoms with Crippen molar-refractivity contribution < 1.29 is 43.5 Å². The maximum Gasteiger partial charge on any atom is 0.417 e.